The highest BCUT2D eigenvalue weighted by Crippen LogP contribution is 2.33. The van der Waals surface area contributed by atoms with Crippen LogP contribution in [0.4, 0.5) is 0 Å². The molecule has 0 bridgehead atoms. The number of benzene rings is 1. The molecule has 2 rings (SSSR count). The van der Waals surface area contributed by atoms with Crippen molar-refractivity contribution in [3.63, 3.8) is 0 Å². The summed E-state index contributed by atoms with van der Waals surface area (Å²) in [5.41, 5.74) is 2.51. The number of aliphatic hydroxyl groups excluding tert-OH is 1. The Bertz CT molecular complexity index is 680. The molecule has 1 atom stereocenters. The topological polar surface area (TPSA) is 92.0 Å². The summed E-state index contributed by atoms with van der Waals surface area (Å²) in [5, 5.41) is 27.9. The van der Waals surface area contributed by atoms with Gasteiger partial charge < -0.3 is 24.6 Å². The molecular formula is C18H24BNO5. The maximum atomic E-state index is 9.51. The van der Waals surface area contributed by atoms with Crippen molar-refractivity contribution in [3.8, 4) is 22.6 Å². The number of hydrogen-bond acceptors (Lipinski definition) is 6. The minimum atomic E-state index is -1.48. The summed E-state index contributed by atoms with van der Waals surface area (Å²) < 4.78 is 11.1. The van der Waals surface area contributed by atoms with Crippen molar-refractivity contribution in [2.24, 2.45) is 0 Å². The molecule has 1 aromatic carbocycles. The Balaban J connectivity index is 2.33. The van der Waals surface area contributed by atoms with Gasteiger partial charge in [0.05, 0.1) is 13.7 Å². The molecule has 1 heterocycles. The number of aliphatic hydroxyl groups is 1. The zero-order valence-electron chi connectivity index (χ0n) is 14.6. The van der Waals surface area contributed by atoms with Crippen LogP contribution in [-0.2, 0) is 0 Å². The maximum absolute atomic E-state index is 9.51. The molecule has 0 aliphatic carbocycles. The van der Waals surface area contributed by atoms with Crippen molar-refractivity contribution in [2.45, 2.75) is 25.6 Å². The first kappa shape index (κ1) is 19.2. The van der Waals surface area contributed by atoms with Crippen LogP contribution in [-0.4, -0.2) is 47.6 Å². The van der Waals surface area contributed by atoms with E-state index in [4.69, 9.17) is 9.47 Å². The number of methoxy groups -OCH3 is 1. The Morgan fingerprint density at radius 2 is 1.92 bits per heavy atom. The molecule has 0 aliphatic heterocycles. The summed E-state index contributed by atoms with van der Waals surface area (Å²) in [6, 6.07) is 7.53. The van der Waals surface area contributed by atoms with Crippen LogP contribution in [0.5, 0.6) is 11.5 Å². The van der Waals surface area contributed by atoms with E-state index >= 15 is 0 Å². The summed E-state index contributed by atoms with van der Waals surface area (Å²) in [4.78, 5) is 4.23. The minimum Gasteiger partial charge on any atom is -0.493 e. The number of hydrogen-bond donors (Lipinski definition) is 3. The second-order valence-corrected chi connectivity index (χ2v) is 5.82. The molecule has 1 aromatic heterocycles. The molecular weight excluding hydrogens is 321 g/mol. The van der Waals surface area contributed by atoms with Crippen LogP contribution in [0.2, 0.25) is 6.32 Å². The van der Waals surface area contributed by atoms with E-state index in [1.54, 1.807) is 19.5 Å². The second kappa shape index (κ2) is 9.41. The van der Waals surface area contributed by atoms with E-state index in [0.29, 0.717) is 18.1 Å². The molecule has 3 N–H and O–H groups in total. The van der Waals surface area contributed by atoms with Crippen molar-refractivity contribution in [2.75, 3.05) is 20.3 Å². The first-order valence-electron chi connectivity index (χ1n) is 8.32. The van der Waals surface area contributed by atoms with E-state index in [0.717, 1.165) is 23.1 Å². The number of nitrogens with zero attached hydrogens (tertiary/aromatic N) is 1. The van der Waals surface area contributed by atoms with E-state index in [1.165, 1.54) is 0 Å². The molecule has 25 heavy (non-hydrogen) atoms. The summed E-state index contributed by atoms with van der Waals surface area (Å²) >= 11 is 0. The van der Waals surface area contributed by atoms with Crippen LogP contribution in [0.25, 0.3) is 11.1 Å². The van der Waals surface area contributed by atoms with Crippen LogP contribution >= 0.6 is 0 Å². The maximum Gasteiger partial charge on any atom is 0.452 e. The van der Waals surface area contributed by atoms with Gasteiger partial charge in [0.15, 0.2) is 11.5 Å². The Kier molecular flexibility index (Phi) is 7.24. The Hall–Kier alpha value is -2.09. The van der Waals surface area contributed by atoms with E-state index in [9.17, 15) is 15.2 Å². The van der Waals surface area contributed by atoms with Gasteiger partial charge in [-0.3, -0.25) is 4.98 Å². The van der Waals surface area contributed by atoms with Crippen LogP contribution in [0.1, 0.15) is 24.8 Å². The van der Waals surface area contributed by atoms with E-state index in [-0.39, 0.29) is 18.8 Å². The van der Waals surface area contributed by atoms with Crippen LogP contribution < -0.4 is 9.47 Å². The van der Waals surface area contributed by atoms with Gasteiger partial charge in [0.1, 0.15) is 0 Å². The zero-order valence-corrected chi connectivity index (χ0v) is 14.6. The average molecular weight is 345 g/mol. The van der Waals surface area contributed by atoms with Gasteiger partial charge in [0.2, 0.25) is 0 Å². The van der Waals surface area contributed by atoms with Crippen molar-refractivity contribution in [1.82, 2.24) is 4.98 Å². The smallest absolute Gasteiger partial charge is 0.452 e. The fourth-order valence-electron chi connectivity index (χ4n) is 2.59. The van der Waals surface area contributed by atoms with Crippen molar-refractivity contribution >= 4 is 7.12 Å². The molecule has 0 aliphatic rings. The first-order chi connectivity index (χ1) is 12.1. The molecule has 0 saturated heterocycles. The fraction of sp³-hybridized carbons (Fsp3) is 0.389. The molecule has 0 amide bonds. The Morgan fingerprint density at radius 1 is 1.12 bits per heavy atom. The van der Waals surface area contributed by atoms with E-state index in [2.05, 4.69) is 4.98 Å². The average Bonchev–Trinajstić information content (AvgIpc) is 2.64. The molecule has 0 radical (unpaired) electrons. The van der Waals surface area contributed by atoms with Crippen molar-refractivity contribution < 1.29 is 24.6 Å². The van der Waals surface area contributed by atoms with Gasteiger partial charge in [-0.2, -0.15) is 0 Å². The van der Waals surface area contributed by atoms with Gasteiger partial charge in [0.25, 0.3) is 0 Å². The summed E-state index contributed by atoms with van der Waals surface area (Å²) in [7, 11) is 0.123. The summed E-state index contributed by atoms with van der Waals surface area (Å²) in [6.45, 7) is 2.45. The van der Waals surface area contributed by atoms with Gasteiger partial charge >= 0.3 is 7.12 Å². The monoisotopic (exact) mass is 345 g/mol. The molecule has 0 spiro atoms. The van der Waals surface area contributed by atoms with Crippen LogP contribution in [0.15, 0.2) is 36.7 Å². The first-order valence-corrected chi connectivity index (χ1v) is 8.32. The molecule has 0 saturated carbocycles. The lowest BCUT2D eigenvalue weighted by Gasteiger charge is -2.15. The quantitative estimate of drug-likeness (QED) is 0.603. The van der Waals surface area contributed by atoms with Gasteiger partial charge in [-0.1, -0.05) is 13.0 Å². The molecule has 134 valence electrons. The molecule has 0 fully saturated rings. The van der Waals surface area contributed by atoms with Crippen molar-refractivity contribution in [1.29, 1.82) is 0 Å². The second-order valence-electron chi connectivity index (χ2n) is 5.82. The highest BCUT2D eigenvalue weighted by molar-refractivity contribution is 6.41. The number of pyridine rings is 1. The number of ether oxygens (including phenoxy) is 2. The molecule has 0 unspecified atom stereocenters. The van der Waals surface area contributed by atoms with Gasteiger partial charge in [-0.05, 0) is 42.1 Å². The minimum absolute atomic E-state index is 0.0507. The SMILES string of the molecule is CCCOc1cc(-c2cncc([C@@H](CO)CB(O)O)c2)ccc1OC. The molecule has 2 aromatic rings. The lowest BCUT2D eigenvalue weighted by atomic mass is 9.76. The summed E-state index contributed by atoms with van der Waals surface area (Å²) in [6.07, 6.45) is 4.30. The predicted molar refractivity (Wildman–Crippen MR) is 96.8 cm³/mol. The zero-order chi connectivity index (χ0) is 18.2. The van der Waals surface area contributed by atoms with Crippen molar-refractivity contribution in [3.05, 3.63) is 42.2 Å². The van der Waals surface area contributed by atoms with Crippen LogP contribution in [0.3, 0.4) is 0 Å². The molecule has 7 heteroatoms. The fourth-order valence-corrected chi connectivity index (χ4v) is 2.59. The van der Waals surface area contributed by atoms with E-state index < -0.39 is 7.12 Å². The van der Waals surface area contributed by atoms with Gasteiger partial charge in [-0.25, -0.2) is 0 Å². The van der Waals surface area contributed by atoms with Gasteiger partial charge in [-0.15, -0.1) is 0 Å². The third-order valence-corrected chi connectivity index (χ3v) is 3.91. The third-order valence-electron chi connectivity index (χ3n) is 3.91. The number of rotatable bonds is 9. The standard InChI is InChI=1S/C18H24BNO5/c1-3-6-25-18-8-13(4-5-17(18)24-2)14-7-15(11-20-10-14)16(12-21)9-19(22)23/h4-5,7-8,10-11,16,21-23H,3,6,9,12H2,1-2H3/t16-/m1/s1. The highest BCUT2D eigenvalue weighted by atomic mass is 16.5. The normalized spacial score (nSPS) is 11.9. The lowest BCUT2D eigenvalue weighted by Crippen LogP contribution is -2.18. The largest absolute Gasteiger partial charge is 0.493 e. The Labute approximate surface area is 148 Å². The lowest BCUT2D eigenvalue weighted by molar-refractivity contribution is 0.265. The Morgan fingerprint density at radius 3 is 2.56 bits per heavy atom. The predicted octanol–water partition coefficient (Wildman–Crippen LogP) is 2.09. The van der Waals surface area contributed by atoms with Gasteiger partial charge in [0, 0.05) is 30.5 Å². The third kappa shape index (κ3) is 5.19. The van der Waals surface area contributed by atoms with E-state index in [1.807, 2.05) is 31.2 Å². The van der Waals surface area contributed by atoms with Crippen LogP contribution in [0, 0.1) is 0 Å². The number of aromatic nitrogens is 1. The highest BCUT2D eigenvalue weighted by Gasteiger charge is 2.19. The summed E-state index contributed by atoms with van der Waals surface area (Å²) in [5.74, 6) is 0.941. The molecule has 6 nitrogen and oxygen atoms in total.